The van der Waals surface area contributed by atoms with Gasteiger partial charge in [0.05, 0.1) is 18.0 Å². The van der Waals surface area contributed by atoms with Crippen molar-refractivity contribution in [3.05, 3.63) is 41.2 Å². The molecule has 0 amide bonds. The van der Waals surface area contributed by atoms with Gasteiger partial charge in [0, 0.05) is 24.8 Å². The number of nitrogens with zero attached hydrogens (tertiary/aromatic N) is 2. The molecule has 0 aliphatic heterocycles. The number of nitrogens with one attached hydrogen (secondary N) is 1. The molecular weight excluding hydrogens is 250 g/mol. The Bertz CT molecular complexity index is 575. The van der Waals surface area contributed by atoms with Gasteiger partial charge in [0.15, 0.2) is 0 Å². The van der Waals surface area contributed by atoms with Crippen LogP contribution in [0.5, 0.6) is 5.75 Å². The lowest BCUT2D eigenvalue weighted by molar-refractivity contribution is 0.319. The standard InChI is InChI=1S/C16H23N3O/c1-5-10-20-16-9-7-6-8-15(16)17-11-14-12(2)18-19(4)13(14)3/h6-9,17H,5,10-11H2,1-4H3. The molecule has 0 fully saturated rings. The summed E-state index contributed by atoms with van der Waals surface area (Å²) >= 11 is 0. The Morgan fingerprint density at radius 1 is 1.25 bits per heavy atom. The van der Waals surface area contributed by atoms with Crippen LogP contribution in [0.15, 0.2) is 24.3 Å². The van der Waals surface area contributed by atoms with Crippen LogP contribution in [0.1, 0.15) is 30.3 Å². The number of ether oxygens (including phenoxy) is 1. The summed E-state index contributed by atoms with van der Waals surface area (Å²) in [7, 11) is 1.98. The van der Waals surface area contributed by atoms with Gasteiger partial charge < -0.3 is 10.1 Å². The summed E-state index contributed by atoms with van der Waals surface area (Å²) in [6.45, 7) is 7.75. The zero-order valence-corrected chi connectivity index (χ0v) is 12.7. The average molecular weight is 273 g/mol. The van der Waals surface area contributed by atoms with Crippen molar-refractivity contribution in [2.75, 3.05) is 11.9 Å². The zero-order valence-electron chi connectivity index (χ0n) is 12.7. The first-order chi connectivity index (χ1) is 9.63. The van der Waals surface area contributed by atoms with Crippen molar-refractivity contribution >= 4 is 5.69 Å². The Kier molecular flexibility index (Phi) is 4.66. The molecule has 0 bridgehead atoms. The molecule has 0 saturated heterocycles. The molecule has 4 heteroatoms. The molecule has 20 heavy (non-hydrogen) atoms. The normalized spacial score (nSPS) is 10.6. The van der Waals surface area contributed by atoms with Gasteiger partial charge in [-0.25, -0.2) is 0 Å². The van der Waals surface area contributed by atoms with E-state index in [1.165, 1.54) is 11.3 Å². The monoisotopic (exact) mass is 273 g/mol. The molecule has 2 rings (SSSR count). The maximum absolute atomic E-state index is 5.76. The minimum Gasteiger partial charge on any atom is -0.491 e. The molecule has 0 aliphatic rings. The Balaban J connectivity index is 2.10. The predicted octanol–water partition coefficient (Wildman–Crippen LogP) is 3.44. The van der Waals surface area contributed by atoms with Crippen LogP contribution in [0.25, 0.3) is 0 Å². The van der Waals surface area contributed by atoms with Crippen LogP contribution in [-0.4, -0.2) is 16.4 Å². The molecule has 1 heterocycles. The molecule has 0 unspecified atom stereocenters. The van der Waals surface area contributed by atoms with E-state index in [4.69, 9.17) is 4.74 Å². The highest BCUT2D eigenvalue weighted by Crippen LogP contribution is 2.25. The van der Waals surface area contributed by atoms with Crippen molar-refractivity contribution in [2.45, 2.75) is 33.7 Å². The molecule has 2 aromatic rings. The number of para-hydroxylation sites is 2. The third kappa shape index (κ3) is 3.13. The lowest BCUT2D eigenvalue weighted by atomic mass is 10.2. The summed E-state index contributed by atoms with van der Waals surface area (Å²) in [6, 6.07) is 8.06. The van der Waals surface area contributed by atoms with Crippen molar-refractivity contribution in [2.24, 2.45) is 7.05 Å². The maximum atomic E-state index is 5.76. The fraction of sp³-hybridized carbons (Fsp3) is 0.438. The van der Waals surface area contributed by atoms with E-state index in [2.05, 4.69) is 24.3 Å². The number of benzene rings is 1. The smallest absolute Gasteiger partial charge is 0.142 e. The highest BCUT2D eigenvalue weighted by atomic mass is 16.5. The van der Waals surface area contributed by atoms with Gasteiger partial charge in [-0.1, -0.05) is 19.1 Å². The van der Waals surface area contributed by atoms with E-state index >= 15 is 0 Å². The minimum absolute atomic E-state index is 0.740. The fourth-order valence-corrected chi connectivity index (χ4v) is 2.21. The number of hydrogen-bond acceptors (Lipinski definition) is 3. The third-order valence-corrected chi connectivity index (χ3v) is 3.46. The summed E-state index contributed by atoms with van der Waals surface area (Å²) in [4.78, 5) is 0. The van der Waals surface area contributed by atoms with Crippen LogP contribution in [0, 0.1) is 13.8 Å². The van der Waals surface area contributed by atoms with Crippen LogP contribution in [-0.2, 0) is 13.6 Å². The van der Waals surface area contributed by atoms with Gasteiger partial charge in [-0.15, -0.1) is 0 Å². The largest absolute Gasteiger partial charge is 0.491 e. The van der Waals surface area contributed by atoms with Crippen LogP contribution >= 0.6 is 0 Å². The number of aromatic nitrogens is 2. The van der Waals surface area contributed by atoms with Gasteiger partial charge in [-0.3, -0.25) is 4.68 Å². The van der Waals surface area contributed by atoms with E-state index in [0.29, 0.717) is 0 Å². The van der Waals surface area contributed by atoms with Crippen LogP contribution in [0.2, 0.25) is 0 Å². The molecule has 1 aromatic heterocycles. The van der Waals surface area contributed by atoms with Gasteiger partial charge in [-0.2, -0.15) is 5.10 Å². The van der Waals surface area contributed by atoms with E-state index < -0.39 is 0 Å². The van der Waals surface area contributed by atoms with E-state index in [0.717, 1.165) is 36.7 Å². The minimum atomic E-state index is 0.740. The van der Waals surface area contributed by atoms with Crippen molar-refractivity contribution < 1.29 is 4.74 Å². The highest BCUT2D eigenvalue weighted by Gasteiger charge is 2.10. The Labute approximate surface area is 120 Å². The van der Waals surface area contributed by atoms with Crippen LogP contribution in [0.4, 0.5) is 5.69 Å². The highest BCUT2D eigenvalue weighted by molar-refractivity contribution is 5.56. The van der Waals surface area contributed by atoms with Crippen molar-refractivity contribution in [1.29, 1.82) is 0 Å². The van der Waals surface area contributed by atoms with Gasteiger partial charge in [0.25, 0.3) is 0 Å². The van der Waals surface area contributed by atoms with Gasteiger partial charge in [0.2, 0.25) is 0 Å². The second-order valence-corrected chi connectivity index (χ2v) is 4.97. The molecule has 1 aromatic carbocycles. The fourth-order valence-electron chi connectivity index (χ4n) is 2.21. The summed E-state index contributed by atoms with van der Waals surface area (Å²) in [6.07, 6.45) is 1.01. The van der Waals surface area contributed by atoms with Crippen molar-refractivity contribution in [1.82, 2.24) is 9.78 Å². The first kappa shape index (κ1) is 14.4. The van der Waals surface area contributed by atoms with E-state index in [-0.39, 0.29) is 0 Å². The first-order valence-electron chi connectivity index (χ1n) is 7.08. The zero-order chi connectivity index (χ0) is 14.5. The van der Waals surface area contributed by atoms with E-state index in [1.807, 2.05) is 42.9 Å². The average Bonchev–Trinajstić information content (AvgIpc) is 2.69. The van der Waals surface area contributed by atoms with Crippen LogP contribution in [0.3, 0.4) is 0 Å². The molecule has 4 nitrogen and oxygen atoms in total. The summed E-state index contributed by atoms with van der Waals surface area (Å²) in [5, 5.41) is 7.90. The van der Waals surface area contributed by atoms with Crippen molar-refractivity contribution in [3.63, 3.8) is 0 Å². The molecule has 0 saturated carbocycles. The summed E-state index contributed by atoms with van der Waals surface area (Å²) < 4.78 is 7.68. The number of aryl methyl sites for hydroxylation is 2. The lowest BCUT2D eigenvalue weighted by Gasteiger charge is -2.13. The number of rotatable bonds is 6. The summed E-state index contributed by atoms with van der Waals surface area (Å²) in [5.41, 5.74) is 4.55. The Hall–Kier alpha value is -1.97. The van der Waals surface area contributed by atoms with E-state index in [9.17, 15) is 0 Å². The van der Waals surface area contributed by atoms with Gasteiger partial charge in [-0.05, 0) is 32.4 Å². The summed E-state index contributed by atoms with van der Waals surface area (Å²) in [5.74, 6) is 0.911. The second-order valence-electron chi connectivity index (χ2n) is 4.97. The molecule has 0 atom stereocenters. The van der Waals surface area contributed by atoms with Crippen molar-refractivity contribution in [3.8, 4) is 5.75 Å². The van der Waals surface area contributed by atoms with Gasteiger partial charge >= 0.3 is 0 Å². The molecule has 0 spiro atoms. The number of anilines is 1. The topological polar surface area (TPSA) is 39.1 Å². The molecular formula is C16H23N3O. The second kappa shape index (κ2) is 6.46. The van der Waals surface area contributed by atoms with Gasteiger partial charge in [0.1, 0.15) is 5.75 Å². The molecule has 0 aliphatic carbocycles. The SMILES string of the molecule is CCCOc1ccccc1NCc1c(C)nn(C)c1C. The number of hydrogen-bond donors (Lipinski definition) is 1. The Morgan fingerprint density at radius 3 is 2.65 bits per heavy atom. The first-order valence-corrected chi connectivity index (χ1v) is 7.08. The van der Waals surface area contributed by atoms with E-state index in [1.54, 1.807) is 0 Å². The van der Waals surface area contributed by atoms with Crippen LogP contribution < -0.4 is 10.1 Å². The molecule has 1 N–H and O–H groups in total. The predicted molar refractivity (Wildman–Crippen MR) is 82.2 cm³/mol. The lowest BCUT2D eigenvalue weighted by Crippen LogP contribution is -2.05. The third-order valence-electron chi connectivity index (χ3n) is 3.46. The maximum Gasteiger partial charge on any atom is 0.142 e. The molecule has 108 valence electrons. The molecule has 0 radical (unpaired) electrons. The Morgan fingerprint density at radius 2 is 2.00 bits per heavy atom. The quantitative estimate of drug-likeness (QED) is 0.876.